The molecule has 37 heavy (non-hydrogen) atoms. The molecule has 0 bridgehead atoms. The molecule has 1 fully saturated rings. The number of hydrogen-bond donors (Lipinski definition) is 2. The lowest BCUT2D eigenvalue weighted by Crippen LogP contribution is -2.47. The Bertz CT molecular complexity index is 1340. The fourth-order valence-corrected chi connectivity index (χ4v) is 4.56. The summed E-state index contributed by atoms with van der Waals surface area (Å²) in [6, 6.07) is 14.0. The number of carboxylic acids is 2. The molecule has 1 aromatic carbocycles. The lowest BCUT2D eigenvalue weighted by atomic mass is 10.2. The topological polar surface area (TPSA) is 155 Å². The zero-order valence-electron chi connectivity index (χ0n) is 20.1. The Labute approximate surface area is 216 Å². The molecule has 0 atom stereocenters. The Morgan fingerprint density at radius 3 is 2.49 bits per heavy atom. The average molecular weight is 527 g/mol. The van der Waals surface area contributed by atoms with Crippen molar-refractivity contribution in [3.05, 3.63) is 48.4 Å². The van der Waals surface area contributed by atoms with Crippen molar-refractivity contribution in [2.24, 2.45) is 0 Å². The second kappa shape index (κ2) is 12.2. The normalized spacial score (nSPS) is 13.7. The fourth-order valence-electron chi connectivity index (χ4n) is 3.76. The highest BCUT2D eigenvalue weighted by Gasteiger charge is 2.20. The van der Waals surface area contributed by atoms with E-state index in [-0.39, 0.29) is 0 Å². The predicted octanol–water partition coefficient (Wildman–Crippen LogP) is 2.80. The first-order valence-electron chi connectivity index (χ1n) is 11.6. The van der Waals surface area contributed by atoms with Crippen molar-refractivity contribution in [3.8, 4) is 17.5 Å². The number of aryl methyl sites for hydroxylation is 1. The molecule has 0 aliphatic carbocycles. The van der Waals surface area contributed by atoms with Gasteiger partial charge in [-0.25, -0.2) is 14.6 Å². The van der Waals surface area contributed by atoms with Crippen molar-refractivity contribution < 1.29 is 29.0 Å². The number of fused-ring (bicyclic) bond motifs is 1. The standard InChI is InChI=1S/C22H24N6O2S.C2H2O4/c1-16-24-25-22(30-16)18-7-4-9-20(23-18)29-15-5-10-27-11-13-28(14-12-27)21-17-6-2-3-8-19(17)31-26-21;3-1(4)2(5)6/h2-4,6-9H,5,10-15H2,1H3;(H,3,4)(H,5,6). The van der Waals surface area contributed by atoms with Crippen LogP contribution in [0.15, 0.2) is 46.9 Å². The number of aromatic nitrogens is 4. The minimum Gasteiger partial charge on any atom is -0.478 e. The third kappa shape index (κ3) is 6.98. The van der Waals surface area contributed by atoms with Crippen LogP contribution >= 0.6 is 11.5 Å². The van der Waals surface area contributed by atoms with E-state index in [2.05, 4.69) is 49.2 Å². The molecule has 4 heterocycles. The van der Waals surface area contributed by atoms with E-state index in [4.69, 9.17) is 33.3 Å². The van der Waals surface area contributed by atoms with Crippen LogP contribution in [0.5, 0.6) is 5.88 Å². The summed E-state index contributed by atoms with van der Waals surface area (Å²) < 4.78 is 17.2. The maximum Gasteiger partial charge on any atom is 0.414 e. The van der Waals surface area contributed by atoms with Crippen LogP contribution < -0.4 is 9.64 Å². The van der Waals surface area contributed by atoms with Gasteiger partial charge in [0.15, 0.2) is 0 Å². The van der Waals surface area contributed by atoms with Gasteiger partial charge in [-0.1, -0.05) is 18.2 Å². The van der Waals surface area contributed by atoms with Crippen LogP contribution in [0.1, 0.15) is 12.3 Å². The van der Waals surface area contributed by atoms with Crippen LogP contribution in [0.25, 0.3) is 21.7 Å². The van der Waals surface area contributed by atoms with Gasteiger partial charge in [0.25, 0.3) is 5.89 Å². The van der Waals surface area contributed by atoms with Crippen LogP contribution in [0.3, 0.4) is 0 Å². The molecule has 3 aromatic heterocycles. The van der Waals surface area contributed by atoms with Gasteiger partial charge < -0.3 is 24.3 Å². The summed E-state index contributed by atoms with van der Waals surface area (Å²) in [7, 11) is 0. The van der Waals surface area contributed by atoms with E-state index in [0.29, 0.717) is 30.0 Å². The zero-order valence-corrected chi connectivity index (χ0v) is 20.9. The Hall–Kier alpha value is -4.10. The second-order valence-corrected chi connectivity index (χ2v) is 8.94. The van der Waals surface area contributed by atoms with Gasteiger partial charge in [-0.2, -0.15) is 4.37 Å². The number of carbonyl (C=O) groups is 2. The van der Waals surface area contributed by atoms with E-state index >= 15 is 0 Å². The van der Waals surface area contributed by atoms with Gasteiger partial charge in [-0.05, 0) is 36.2 Å². The molecule has 0 spiro atoms. The lowest BCUT2D eigenvalue weighted by molar-refractivity contribution is -0.159. The molecule has 1 saturated heterocycles. The SMILES string of the molecule is Cc1nnc(-c2cccc(OCCCN3CCN(c4nsc5ccccc45)CC3)n2)o1.O=C(O)C(=O)O. The van der Waals surface area contributed by atoms with E-state index in [9.17, 15) is 0 Å². The van der Waals surface area contributed by atoms with Gasteiger partial charge in [-0.3, -0.25) is 4.90 Å². The molecule has 1 aliphatic rings. The minimum atomic E-state index is -1.82. The van der Waals surface area contributed by atoms with Crippen LogP contribution in [-0.2, 0) is 9.59 Å². The highest BCUT2D eigenvalue weighted by atomic mass is 32.1. The third-order valence-corrected chi connectivity index (χ3v) is 6.37. The molecule has 2 N–H and O–H groups in total. The van der Waals surface area contributed by atoms with Gasteiger partial charge in [0.05, 0.1) is 11.3 Å². The molecule has 0 unspecified atom stereocenters. The molecular weight excluding hydrogens is 500 g/mol. The van der Waals surface area contributed by atoms with Crippen molar-refractivity contribution in [2.45, 2.75) is 13.3 Å². The molecule has 12 nitrogen and oxygen atoms in total. The highest BCUT2D eigenvalue weighted by molar-refractivity contribution is 7.13. The van der Waals surface area contributed by atoms with Gasteiger partial charge in [-0.15, -0.1) is 10.2 Å². The average Bonchev–Trinajstić information content (AvgIpc) is 3.54. The first-order valence-corrected chi connectivity index (χ1v) is 12.4. The fraction of sp³-hybridized carbons (Fsp3) is 0.333. The molecule has 13 heteroatoms. The Balaban J connectivity index is 0.000000480. The van der Waals surface area contributed by atoms with Crippen molar-refractivity contribution in [1.82, 2.24) is 24.5 Å². The van der Waals surface area contributed by atoms with E-state index in [1.165, 1.54) is 10.1 Å². The van der Waals surface area contributed by atoms with E-state index in [0.717, 1.165) is 45.0 Å². The van der Waals surface area contributed by atoms with Gasteiger partial charge in [0, 0.05) is 51.1 Å². The van der Waals surface area contributed by atoms with Crippen LogP contribution in [0.2, 0.25) is 0 Å². The van der Waals surface area contributed by atoms with Gasteiger partial charge in [0.2, 0.25) is 11.8 Å². The Morgan fingerprint density at radius 1 is 1.03 bits per heavy atom. The van der Waals surface area contributed by atoms with E-state index < -0.39 is 11.9 Å². The summed E-state index contributed by atoms with van der Waals surface area (Å²) in [6.45, 7) is 7.47. The summed E-state index contributed by atoms with van der Waals surface area (Å²) in [6.07, 6.45) is 0.950. The number of carboxylic acid groups (broad SMARTS) is 2. The van der Waals surface area contributed by atoms with Crippen molar-refractivity contribution in [1.29, 1.82) is 0 Å². The van der Waals surface area contributed by atoms with Crippen molar-refractivity contribution in [2.75, 3.05) is 44.2 Å². The molecule has 5 rings (SSSR count). The van der Waals surface area contributed by atoms with Crippen LogP contribution in [0.4, 0.5) is 5.82 Å². The maximum atomic E-state index is 9.10. The first-order chi connectivity index (χ1) is 17.9. The van der Waals surface area contributed by atoms with Crippen LogP contribution in [0, 0.1) is 6.92 Å². The predicted molar refractivity (Wildman–Crippen MR) is 136 cm³/mol. The number of ether oxygens (including phenoxy) is 1. The molecule has 0 saturated carbocycles. The van der Waals surface area contributed by atoms with Crippen molar-refractivity contribution in [3.63, 3.8) is 0 Å². The molecule has 0 radical (unpaired) electrons. The number of hydrogen-bond acceptors (Lipinski definition) is 11. The van der Waals surface area contributed by atoms with Crippen LogP contribution in [-0.4, -0.2) is 85.9 Å². The quantitative estimate of drug-likeness (QED) is 0.269. The number of nitrogens with zero attached hydrogens (tertiary/aromatic N) is 6. The Kier molecular flexibility index (Phi) is 8.59. The van der Waals surface area contributed by atoms with Crippen molar-refractivity contribution >= 4 is 39.4 Å². The summed E-state index contributed by atoms with van der Waals surface area (Å²) in [5, 5.41) is 23.9. The number of piperazine rings is 1. The number of aliphatic carboxylic acids is 2. The highest BCUT2D eigenvalue weighted by Crippen LogP contribution is 2.29. The monoisotopic (exact) mass is 526 g/mol. The van der Waals surface area contributed by atoms with E-state index in [1.54, 1.807) is 18.5 Å². The number of rotatable bonds is 7. The summed E-state index contributed by atoms with van der Waals surface area (Å²) >= 11 is 1.58. The largest absolute Gasteiger partial charge is 0.478 e. The summed E-state index contributed by atoms with van der Waals surface area (Å²) in [5.74, 6) is -1.01. The van der Waals surface area contributed by atoms with Gasteiger partial charge in [0.1, 0.15) is 11.5 Å². The molecule has 0 amide bonds. The zero-order chi connectivity index (χ0) is 26.2. The number of anilines is 1. The van der Waals surface area contributed by atoms with E-state index in [1.807, 2.05) is 18.2 Å². The minimum absolute atomic E-state index is 0.411. The molecule has 4 aromatic rings. The number of benzene rings is 1. The molecular formula is C24H26N6O6S. The smallest absolute Gasteiger partial charge is 0.414 e. The Morgan fingerprint density at radius 2 is 1.78 bits per heavy atom. The summed E-state index contributed by atoms with van der Waals surface area (Å²) in [4.78, 5) is 27.5. The van der Waals surface area contributed by atoms with Gasteiger partial charge >= 0.3 is 11.9 Å². The number of pyridine rings is 1. The summed E-state index contributed by atoms with van der Waals surface area (Å²) in [5.41, 5.74) is 0.629. The second-order valence-electron chi connectivity index (χ2n) is 8.13. The maximum absolute atomic E-state index is 9.10. The lowest BCUT2D eigenvalue weighted by Gasteiger charge is -2.35. The molecule has 194 valence electrons. The molecule has 1 aliphatic heterocycles. The third-order valence-electron chi connectivity index (χ3n) is 5.55. The first kappa shape index (κ1) is 26.0.